The molecule has 1 aromatic rings. The maximum atomic E-state index is 12.1. The summed E-state index contributed by atoms with van der Waals surface area (Å²) in [4.78, 5) is 16.4. The fraction of sp³-hybridized carbons (Fsp3) is 0.800. The van der Waals surface area contributed by atoms with Gasteiger partial charge in [-0.1, -0.05) is 46.0 Å². The Kier molecular flexibility index (Phi) is 5.11. The van der Waals surface area contributed by atoms with Crippen LogP contribution in [0.2, 0.25) is 0 Å². The van der Waals surface area contributed by atoms with Gasteiger partial charge in [-0.25, -0.2) is 9.67 Å². The monoisotopic (exact) mass is 263 g/mol. The Hall–Kier alpha value is -1.19. The molecule has 0 unspecified atom stereocenters. The Labute approximate surface area is 115 Å². The third kappa shape index (κ3) is 4.44. The quantitative estimate of drug-likeness (QED) is 0.792. The summed E-state index contributed by atoms with van der Waals surface area (Å²) in [7, 11) is 0. The predicted octanol–water partition coefficient (Wildman–Crippen LogP) is 3.02. The molecule has 1 aliphatic carbocycles. The minimum absolute atomic E-state index is 0.324. The number of aromatic nitrogens is 3. The highest BCUT2D eigenvalue weighted by Crippen LogP contribution is 2.26. The lowest BCUT2D eigenvalue weighted by molar-refractivity contribution is -0.119. The topological polar surface area (TPSA) is 47.8 Å². The fourth-order valence-corrected chi connectivity index (χ4v) is 2.89. The largest absolute Gasteiger partial charge is 0.299 e. The van der Waals surface area contributed by atoms with Crippen LogP contribution >= 0.6 is 0 Å². The van der Waals surface area contributed by atoms with Crippen molar-refractivity contribution < 1.29 is 4.79 Å². The zero-order valence-corrected chi connectivity index (χ0v) is 12.1. The average Bonchev–Trinajstić information content (AvgIpc) is 2.77. The summed E-state index contributed by atoms with van der Waals surface area (Å²) < 4.78 is 1.88. The molecule has 0 amide bonds. The Morgan fingerprint density at radius 3 is 2.79 bits per heavy atom. The van der Waals surface area contributed by atoms with Crippen molar-refractivity contribution in [3.8, 4) is 0 Å². The van der Waals surface area contributed by atoms with E-state index in [4.69, 9.17) is 0 Å². The Balaban J connectivity index is 1.86. The van der Waals surface area contributed by atoms with E-state index in [-0.39, 0.29) is 0 Å². The van der Waals surface area contributed by atoms with Crippen molar-refractivity contribution in [1.82, 2.24) is 14.8 Å². The van der Waals surface area contributed by atoms with Crippen LogP contribution in [0, 0.1) is 11.8 Å². The van der Waals surface area contributed by atoms with Gasteiger partial charge in [0.05, 0.1) is 6.42 Å². The van der Waals surface area contributed by atoms with E-state index < -0.39 is 0 Å². The smallest absolute Gasteiger partial charge is 0.140 e. The Morgan fingerprint density at radius 1 is 1.37 bits per heavy atom. The molecular weight excluding hydrogens is 238 g/mol. The van der Waals surface area contributed by atoms with Gasteiger partial charge in [-0.15, -0.1) is 0 Å². The molecule has 1 heterocycles. The lowest BCUT2D eigenvalue weighted by Gasteiger charge is -2.20. The van der Waals surface area contributed by atoms with Crippen molar-refractivity contribution in [3.63, 3.8) is 0 Å². The summed E-state index contributed by atoms with van der Waals surface area (Å²) in [6.07, 6.45) is 9.12. The standard InChI is InChI=1S/C15H25N3O/c1-12(2)10-18-15(16-11-17-18)9-14(19)8-13-6-4-3-5-7-13/h11-13H,3-10H2,1-2H3. The molecule has 19 heavy (non-hydrogen) atoms. The normalized spacial score (nSPS) is 17.0. The van der Waals surface area contributed by atoms with Gasteiger partial charge in [0.1, 0.15) is 17.9 Å². The highest BCUT2D eigenvalue weighted by atomic mass is 16.1. The summed E-state index contributed by atoms with van der Waals surface area (Å²) in [6.45, 7) is 5.14. The number of nitrogens with zero attached hydrogens (tertiary/aromatic N) is 3. The lowest BCUT2D eigenvalue weighted by Crippen LogP contribution is -2.17. The molecule has 106 valence electrons. The van der Waals surface area contributed by atoms with Crippen LogP contribution in [-0.2, 0) is 17.8 Å². The number of Topliss-reactive ketones (excluding diaryl/α,β-unsaturated/α-hetero) is 1. The van der Waals surface area contributed by atoms with Gasteiger partial charge < -0.3 is 0 Å². The van der Waals surface area contributed by atoms with Gasteiger partial charge in [0.15, 0.2) is 0 Å². The second-order valence-electron chi connectivity index (χ2n) is 6.18. The molecule has 1 aliphatic rings. The van der Waals surface area contributed by atoms with Gasteiger partial charge in [0, 0.05) is 13.0 Å². The second kappa shape index (κ2) is 6.83. The molecule has 4 heteroatoms. The lowest BCUT2D eigenvalue weighted by atomic mass is 9.85. The maximum Gasteiger partial charge on any atom is 0.140 e. The van der Waals surface area contributed by atoms with E-state index in [0.29, 0.717) is 24.0 Å². The molecule has 4 nitrogen and oxygen atoms in total. The molecular formula is C15H25N3O. The summed E-state index contributed by atoms with van der Waals surface area (Å²) in [5, 5.41) is 4.21. The van der Waals surface area contributed by atoms with Crippen molar-refractivity contribution >= 4 is 5.78 Å². The molecule has 1 aromatic heterocycles. The molecule has 0 bridgehead atoms. The number of carbonyl (C=O) groups is 1. The highest BCUT2D eigenvalue weighted by molar-refractivity contribution is 5.80. The van der Waals surface area contributed by atoms with E-state index in [1.54, 1.807) is 6.33 Å². The third-order valence-electron chi connectivity index (χ3n) is 3.83. The van der Waals surface area contributed by atoms with Crippen molar-refractivity contribution in [2.75, 3.05) is 0 Å². The molecule has 0 N–H and O–H groups in total. The van der Waals surface area contributed by atoms with Gasteiger partial charge in [-0.2, -0.15) is 5.10 Å². The van der Waals surface area contributed by atoms with Crippen LogP contribution in [0.4, 0.5) is 0 Å². The van der Waals surface area contributed by atoms with Gasteiger partial charge >= 0.3 is 0 Å². The van der Waals surface area contributed by atoms with Crippen LogP contribution < -0.4 is 0 Å². The van der Waals surface area contributed by atoms with E-state index in [1.807, 2.05) is 4.68 Å². The molecule has 0 atom stereocenters. The van der Waals surface area contributed by atoms with Crippen LogP contribution in [0.15, 0.2) is 6.33 Å². The highest BCUT2D eigenvalue weighted by Gasteiger charge is 2.18. The molecule has 0 aromatic carbocycles. The van der Waals surface area contributed by atoms with Crippen molar-refractivity contribution in [3.05, 3.63) is 12.2 Å². The van der Waals surface area contributed by atoms with Gasteiger partial charge in [-0.3, -0.25) is 4.79 Å². The number of ketones is 1. The van der Waals surface area contributed by atoms with Crippen molar-refractivity contribution in [2.45, 2.75) is 65.3 Å². The minimum Gasteiger partial charge on any atom is -0.299 e. The Bertz CT molecular complexity index is 405. The van der Waals surface area contributed by atoms with Gasteiger partial charge in [0.2, 0.25) is 0 Å². The van der Waals surface area contributed by atoms with E-state index >= 15 is 0 Å². The maximum absolute atomic E-state index is 12.1. The van der Waals surface area contributed by atoms with E-state index in [2.05, 4.69) is 23.9 Å². The molecule has 0 spiro atoms. The van der Waals surface area contributed by atoms with Gasteiger partial charge in [0.25, 0.3) is 0 Å². The van der Waals surface area contributed by atoms with Crippen LogP contribution in [0.1, 0.15) is 58.2 Å². The van der Waals surface area contributed by atoms with Crippen molar-refractivity contribution in [1.29, 1.82) is 0 Å². The van der Waals surface area contributed by atoms with Crippen LogP contribution in [-0.4, -0.2) is 20.5 Å². The SMILES string of the molecule is CC(C)Cn1ncnc1CC(=O)CC1CCCCC1. The van der Waals surface area contributed by atoms with Gasteiger partial charge in [-0.05, 0) is 11.8 Å². The number of carbonyl (C=O) groups excluding carboxylic acids is 1. The summed E-state index contributed by atoms with van der Waals surface area (Å²) >= 11 is 0. The first kappa shape index (κ1) is 14.2. The predicted molar refractivity (Wildman–Crippen MR) is 74.8 cm³/mol. The Morgan fingerprint density at radius 2 is 2.11 bits per heavy atom. The number of hydrogen-bond donors (Lipinski definition) is 0. The first-order chi connectivity index (χ1) is 9.15. The molecule has 0 aliphatic heterocycles. The fourth-order valence-electron chi connectivity index (χ4n) is 2.89. The van der Waals surface area contributed by atoms with Crippen LogP contribution in [0.3, 0.4) is 0 Å². The van der Waals surface area contributed by atoms with E-state index in [0.717, 1.165) is 18.8 Å². The summed E-state index contributed by atoms with van der Waals surface area (Å²) in [5.74, 6) is 2.29. The zero-order valence-electron chi connectivity index (χ0n) is 12.1. The summed E-state index contributed by atoms with van der Waals surface area (Å²) in [5.41, 5.74) is 0. The van der Waals surface area contributed by atoms with E-state index in [9.17, 15) is 4.79 Å². The molecule has 1 fully saturated rings. The molecule has 0 radical (unpaired) electrons. The van der Waals surface area contributed by atoms with E-state index in [1.165, 1.54) is 32.1 Å². The molecule has 2 rings (SSSR count). The molecule has 1 saturated carbocycles. The zero-order chi connectivity index (χ0) is 13.7. The third-order valence-corrected chi connectivity index (χ3v) is 3.83. The average molecular weight is 263 g/mol. The number of rotatable bonds is 6. The first-order valence-electron chi connectivity index (χ1n) is 7.53. The van der Waals surface area contributed by atoms with Crippen LogP contribution in [0.25, 0.3) is 0 Å². The van der Waals surface area contributed by atoms with Crippen LogP contribution in [0.5, 0.6) is 0 Å². The summed E-state index contributed by atoms with van der Waals surface area (Å²) in [6, 6.07) is 0. The minimum atomic E-state index is 0.324. The van der Waals surface area contributed by atoms with Crippen molar-refractivity contribution in [2.24, 2.45) is 11.8 Å². The molecule has 0 saturated heterocycles. The second-order valence-corrected chi connectivity index (χ2v) is 6.18. The number of hydrogen-bond acceptors (Lipinski definition) is 3. The first-order valence-corrected chi connectivity index (χ1v) is 7.53.